The summed E-state index contributed by atoms with van der Waals surface area (Å²) in [5, 5.41) is 4.29. The van der Waals surface area contributed by atoms with Gasteiger partial charge in [0.2, 0.25) is 0 Å². The zero-order chi connectivity index (χ0) is 9.80. The van der Waals surface area contributed by atoms with Crippen LogP contribution in [0.2, 0.25) is 0 Å². The van der Waals surface area contributed by atoms with Crippen molar-refractivity contribution in [1.82, 2.24) is 5.32 Å². The quantitative estimate of drug-likeness (QED) is 0.699. The second-order valence-corrected chi connectivity index (χ2v) is 4.06. The molecule has 0 radical (unpaired) electrons. The van der Waals surface area contributed by atoms with E-state index < -0.39 is 0 Å². The van der Waals surface area contributed by atoms with Crippen molar-refractivity contribution in [1.29, 1.82) is 0 Å². The highest BCUT2D eigenvalue weighted by Crippen LogP contribution is 2.24. The number of benzene rings is 1. The fourth-order valence-electron chi connectivity index (χ4n) is 1.26. The number of hydrogen-bond donors (Lipinski definition) is 1. The second kappa shape index (κ2) is 4.28. The summed E-state index contributed by atoms with van der Waals surface area (Å²) >= 11 is 1.75. The summed E-state index contributed by atoms with van der Waals surface area (Å²) in [6.45, 7) is 0.744. The minimum Gasteiger partial charge on any atom is -0.309 e. The van der Waals surface area contributed by atoms with Gasteiger partial charge in [-0.1, -0.05) is 30.0 Å². The summed E-state index contributed by atoms with van der Waals surface area (Å²) in [6, 6.07) is 10.5. The molecule has 2 rings (SSSR count). The van der Waals surface area contributed by atoms with Crippen molar-refractivity contribution in [2.45, 2.75) is 0 Å². The molecule has 0 bridgehead atoms. The Hall–Kier alpha value is -1.30. The van der Waals surface area contributed by atoms with Gasteiger partial charge in [-0.2, -0.15) is 0 Å². The van der Waals surface area contributed by atoms with Crippen LogP contribution in [0.1, 0.15) is 4.88 Å². The molecule has 0 amide bonds. The zero-order valence-electron chi connectivity index (χ0n) is 8.00. The van der Waals surface area contributed by atoms with Crippen molar-refractivity contribution in [3.05, 3.63) is 35.2 Å². The Morgan fingerprint density at radius 2 is 2.21 bits per heavy atom. The molecule has 0 spiro atoms. The monoisotopic (exact) mass is 201 g/mol. The summed E-state index contributed by atoms with van der Waals surface area (Å²) in [7, 11) is 1.90. The highest BCUT2D eigenvalue weighted by atomic mass is 32.1. The first kappa shape index (κ1) is 9.26. The van der Waals surface area contributed by atoms with Gasteiger partial charge in [0.1, 0.15) is 0 Å². The Balaban J connectivity index is 2.33. The Morgan fingerprint density at radius 3 is 3.00 bits per heavy atom. The maximum absolute atomic E-state index is 3.14. The second-order valence-electron chi connectivity index (χ2n) is 2.98. The molecule has 0 aliphatic rings. The first-order chi connectivity index (χ1) is 6.90. The van der Waals surface area contributed by atoms with Crippen molar-refractivity contribution < 1.29 is 0 Å². The molecule has 1 N–H and O–H groups in total. The summed E-state index contributed by atoms with van der Waals surface area (Å²) in [5.74, 6) is 6.20. The van der Waals surface area contributed by atoms with E-state index >= 15 is 0 Å². The molecule has 0 atom stereocenters. The molecule has 0 aliphatic heterocycles. The van der Waals surface area contributed by atoms with Crippen molar-refractivity contribution in [2.75, 3.05) is 13.6 Å². The van der Waals surface area contributed by atoms with Crippen LogP contribution in [0.25, 0.3) is 10.1 Å². The maximum Gasteiger partial charge on any atom is 0.0781 e. The van der Waals surface area contributed by atoms with E-state index in [1.165, 1.54) is 10.1 Å². The number of rotatable bonds is 1. The van der Waals surface area contributed by atoms with Crippen LogP contribution in [-0.4, -0.2) is 13.6 Å². The molecule has 1 aromatic carbocycles. The maximum atomic E-state index is 3.14. The fraction of sp³-hybridized carbons (Fsp3) is 0.167. The van der Waals surface area contributed by atoms with E-state index in [-0.39, 0.29) is 0 Å². The Kier molecular flexibility index (Phi) is 2.83. The van der Waals surface area contributed by atoms with Gasteiger partial charge in [0.25, 0.3) is 0 Å². The normalized spacial score (nSPS) is 9.79. The van der Waals surface area contributed by atoms with Gasteiger partial charge >= 0.3 is 0 Å². The van der Waals surface area contributed by atoms with Crippen LogP contribution in [0.15, 0.2) is 30.3 Å². The first-order valence-corrected chi connectivity index (χ1v) is 5.34. The molecule has 70 valence electrons. The predicted octanol–water partition coefficient (Wildman–Crippen LogP) is 2.47. The van der Waals surface area contributed by atoms with Crippen LogP contribution in [0.5, 0.6) is 0 Å². The molecular weight excluding hydrogens is 190 g/mol. The minimum absolute atomic E-state index is 0.744. The third-order valence-electron chi connectivity index (χ3n) is 1.90. The highest BCUT2D eigenvalue weighted by Gasteiger charge is 1.96. The lowest BCUT2D eigenvalue weighted by molar-refractivity contribution is 0.938. The fourth-order valence-corrected chi connectivity index (χ4v) is 2.20. The average Bonchev–Trinajstić information content (AvgIpc) is 2.60. The van der Waals surface area contributed by atoms with E-state index in [0.29, 0.717) is 0 Å². The van der Waals surface area contributed by atoms with Gasteiger partial charge in [-0.15, -0.1) is 11.3 Å². The van der Waals surface area contributed by atoms with E-state index in [4.69, 9.17) is 0 Å². The third kappa shape index (κ3) is 1.95. The lowest BCUT2D eigenvalue weighted by atomic mass is 10.2. The Labute approximate surface area is 87.8 Å². The first-order valence-electron chi connectivity index (χ1n) is 4.52. The SMILES string of the molecule is CNCC#Cc1cc2ccccc2s1. The summed E-state index contributed by atoms with van der Waals surface area (Å²) in [4.78, 5) is 1.14. The smallest absolute Gasteiger partial charge is 0.0781 e. The van der Waals surface area contributed by atoms with E-state index in [0.717, 1.165) is 11.4 Å². The molecule has 1 heterocycles. The van der Waals surface area contributed by atoms with Crippen LogP contribution in [0.3, 0.4) is 0 Å². The highest BCUT2D eigenvalue weighted by molar-refractivity contribution is 7.19. The standard InChI is InChI=1S/C12H11NS/c1-13-8-4-6-11-9-10-5-2-3-7-12(10)14-11/h2-3,5,7,9,13H,8H2,1H3. The average molecular weight is 201 g/mol. The molecule has 2 heteroatoms. The molecule has 1 nitrogen and oxygen atoms in total. The number of thiophene rings is 1. The van der Waals surface area contributed by atoms with Crippen LogP contribution >= 0.6 is 11.3 Å². The number of hydrogen-bond acceptors (Lipinski definition) is 2. The Bertz CT molecular complexity index is 454. The van der Waals surface area contributed by atoms with Gasteiger partial charge in [-0.05, 0) is 24.6 Å². The van der Waals surface area contributed by atoms with Crippen molar-refractivity contribution in [3.63, 3.8) is 0 Å². The molecular formula is C12H11NS. The van der Waals surface area contributed by atoms with Crippen LogP contribution in [0, 0.1) is 11.8 Å². The van der Waals surface area contributed by atoms with Crippen LogP contribution in [-0.2, 0) is 0 Å². The molecule has 0 aliphatic carbocycles. The van der Waals surface area contributed by atoms with Gasteiger partial charge in [-0.3, -0.25) is 0 Å². The van der Waals surface area contributed by atoms with Gasteiger partial charge in [-0.25, -0.2) is 0 Å². The summed E-state index contributed by atoms with van der Waals surface area (Å²) in [6.07, 6.45) is 0. The van der Waals surface area contributed by atoms with E-state index in [1.54, 1.807) is 11.3 Å². The lowest BCUT2D eigenvalue weighted by Crippen LogP contribution is -2.04. The zero-order valence-corrected chi connectivity index (χ0v) is 8.82. The van der Waals surface area contributed by atoms with Gasteiger partial charge in [0.15, 0.2) is 0 Å². The molecule has 0 saturated carbocycles. The summed E-state index contributed by atoms with van der Waals surface area (Å²) < 4.78 is 1.31. The van der Waals surface area contributed by atoms with Gasteiger partial charge in [0, 0.05) is 4.70 Å². The van der Waals surface area contributed by atoms with E-state index in [1.807, 2.05) is 7.05 Å². The molecule has 0 unspecified atom stereocenters. The summed E-state index contributed by atoms with van der Waals surface area (Å²) in [5.41, 5.74) is 0. The van der Waals surface area contributed by atoms with Crippen molar-refractivity contribution in [3.8, 4) is 11.8 Å². The largest absolute Gasteiger partial charge is 0.309 e. The van der Waals surface area contributed by atoms with E-state index in [9.17, 15) is 0 Å². The van der Waals surface area contributed by atoms with Crippen molar-refractivity contribution >= 4 is 21.4 Å². The molecule has 1 aromatic heterocycles. The molecule has 0 fully saturated rings. The molecule has 0 saturated heterocycles. The molecule has 2 aromatic rings. The van der Waals surface area contributed by atoms with Crippen LogP contribution < -0.4 is 5.32 Å². The van der Waals surface area contributed by atoms with Crippen LogP contribution in [0.4, 0.5) is 0 Å². The Morgan fingerprint density at radius 1 is 1.36 bits per heavy atom. The lowest BCUT2D eigenvalue weighted by Gasteiger charge is -1.82. The van der Waals surface area contributed by atoms with E-state index in [2.05, 4.69) is 47.5 Å². The number of nitrogens with one attached hydrogen (secondary N) is 1. The third-order valence-corrected chi connectivity index (χ3v) is 2.93. The van der Waals surface area contributed by atoms with Crippen molar-refractivity contribution in [2.24, 2.45) is 0 Å². The predicted molar refractivity (Wildman–Crippen MR) is 62.6 cm³/mol. The minimum atomic E-state index is 0.744. The number of fused-ring (bicyclic) bond motifs is 1. The van der Waals surface area contributed by atoms with Gasteiger partial charge in [0.05, 0.1) is 11.4 Å². The molecule has 14 heavy (non-hydrogen) atoms. The van der Waals surface area contributed by atoms with Gasteiger partial charge < -0.3 is 5.32 Å². The topological polar surface area (TPSA) is 12.0 Å².